The third kappa shape index (κ3) is 4.87. The van der Waals surface area contributed by atoms with Crippen LogP contribution in [0.3, 0.4) is 0 Å². The van der Waals surface area contributed by atoms with Gasteiger partial charge in [-0.15, -0.1) is 0 Å². The molecule has 0 aliphatic heterocycles. The van der Waals surface area contributed by atoms with Gasteiger partial charge < -0.3 is 19.7 Å². The Morgan fingerprint density at radius 3 is 2.48 bits per heavy atom. The molecule has 0 aliphatic carbocycles. The van der Waals surface area contributed by atoms with Crippen molar-refractivity contribution >= 4 is 29.1 Å². The minimum absolute atomic E-state index is 0.147. The number of amides is 2. The van der Waals surface area contributed by atoms with Crippen LogP contribution in [-0.4, -0.2) is 44.5 Å². The first-order chi connectivity index (χ1) is 11.9. The van der Waals surface area contributed by atoms with Crippen molar-refractivity contribution < 1.29 is 19.1 Å². The zero-order valence-corrected chi connectivity index (χ0v) is 15.0. The number of halogens is 1. The second kappa shape index (κ2) is 8.39. The maximum atomic E-state index is 12.5. The first kappa shape index (κ1) is 18.6. The Morgan fingerprint density at radius 2 is 1.84 bits per heavy atom. The Kier molecular flexibility index (Phi) is 6.25. The van der Waals surface area contributed by atoms with Gasteiger partial charge in [0.25, 0.3) is 11.8 Å². The highest BCUT2D eigenvalue weighted by atomic mass is 35.5. The van der Waals surface area contributed by atoms with E-state index in [1.54, 1.807) is 56.6 Å². The summed E-state index contributed by atoms with van der Waals surface area (Å²) in [6, 6.07) is 11.6. The molecular weight excluding hydrogens is 344 g/mol. The molecule has 0 aliphatic rings. The van der Waals surface area contributed by atoms with Gasteiger partial charge in [-0.1, -0.05) is 23.7 Å². The van der Waals surface area contributed by atoms with Crippen molar-refractivity contribution in [3.63, 3.8) is 0 Å². The first-order valence-corrected chi connectivity index (χ1v) is 7.87. The molecule has 0 atom stereocenters. The summed E-state index contributed by atoms with van der Waals surface area (Å²) in [5.74, 6) is 0.284. The molecule has 0 saturated heterocycles. The van der Waals surface area contributed by atoms with Crippen LogP contribution in [0.5, 0.6) is 11.5 Å². The molecule has 0 radical (unpaired) electrons. The summed E-state index contributed by atoms with van der Waals surface area (Å²) in [5.41, 5.74) is 0.843. The van der Waals surface area contributed by atoms with Crippen LogP contribution in [0.4, 0.5) is 5.69 Å². The molecule has 0 fully saturated rings. The van der Waals surface area contributed by atoms with Crippen molar-refractivity contribution in [1.82, 2.24) is 4.90 Å². The fraction of sp³-hybridized carbons (Fsp3) is 0.222. The topological polar surface area (TPSA) is 67.9 Å². The van der Waals surface area contributed by atoms with E-state index in [-0.39, 0.29) is 18.4 Å². The molecule has 0 spiro atoms. The maximum Gasteiger partial charge on any atom is 0.259 e. The van der Waals surface area contributed by atoms with E-state index in [9.17, 15) is 9.59 Å². The molecule has 2 aromatic rings. The van der Waals surface area contributed by atoms with Crippen LogP contribution in [0.15, 0.2) is 42.5 Å². The van der Waals surface area contributed by atoms with Gasteiger partial charge in [-0.05, 0) is 30.3 Å². The van der Waals surface area contributed by atoms with Crippen LogP contribution in [0.1, 0.15) is 10.4 Å². The molecule has 2 aromatic carbocycles. The van der Waals surface area contributed by atoms with Crippen molar-refractivity contribution in [2.45, 2.75) is 0 Å². The van der Waals surface area contributed by atoms with E-state index < -0.39 is 0 Å². The van der Waals surface area contributed by atoms with Gasteiger partial charge in [-0.25, -0.2) is 0 Å². The van der Waals surface area contributed by atoms with Crippen LogP contribution in [0.2, 0.25) is 5.02 Å². The van der Waals surface area contributed by atoms with Crippen molar-refractivity contribution in [2.75, 3.05) is 33.1 Å². The Labute approximate surface area is 151 Å². The summed E-state index contributed by atoms with van der Waals surface area (Å²) in [4.78, 5) is 25.6. The predicted octanol–water partition coefficient (Wildman–Crippen LogP) is 3.07. The average Bonchev–Trinajstić information content (AvgIpc) is 2.60. The molecule has 0 unspecified atom stereocenters. The standard InChI is InChI=1S/C18H19ClN2O4/c1-21(2)17(22)11-25-15-7-5-4-6-13(15)18(23)20-12-8-9-16(24-3)14(19)10-12/h4-10H,11H2,1-3H3,(H,20,23). The number of methoxy groups -OCH3 is 1. The molecule has 7 heteroatoms. The highest BCUT2D eigenvalue weighted by Gasteiger charge is 2.14. The first-order valence-electron chi connectivity index (χ1n) is 7.49. The fourth-order valence-corrected chi connectivity index (χ4v) is 2.25. The summed E-state index contributed by atoms with van der Waals surface area (Å²) in [6.45, 7) is -0.147. The second-order valence-corrected chi connectivity index (χ2v) is 5.78. The van der Waals surface area contributed by atoms with E-state index in [0.29, 0.717) is 27.8 Å². The molecule has 1 N–H and O–H groups in total. The molecule has 0 aromatic heterocycles. The number of hydrogen-bond donors (Lipinski definition) is 1. The predicted molar refractivity (Wildman–Crippen MR) is 96.6 cm³/mol. The van der Waals surface area contributed by atoms with Gasteiger partial charge in [0.05, 0.1) is 17.7 Å². The minimum Gasteiger partial charge on any atom is -0.495 e. The highest BCUT2D eigenvalue weighted by molar-refractivity contribution is 6.32. The molecule has 6 nitrogen and oxygen atoms in total. The molecule has 0 heterocycles. The number of nitrogens with zero attached hydrogens (tertiary/aromatic N) is 1. The van der Waals surface area contributed by atoms with Gasteiger partial charge in [-0.3, -0.25) is 9.59 Å². The molecule has 2 amide bonds. The number of anilines is 1. The van der Waals surface area contributed by atoms with E-state index in [1.807, 2.05) is 0 Å². The lowest BCUT2D eigenvalue weighted by atomic mass is 10.2. The molecule has 132 valence electrons. The molecule has 2 rings (SSSR count). The number of carbonyl (C=O) groups is 2. The largest absolute Gasteiger partial charge is 0.495 e. The Morgan fingerprint density at radius 1 is 1.12 bits per heavy atom. The Balaban J connectivity index is 2.14. The molecule has 0 saturated carbocycles. The molecular formula is C18H19ClN2O4. The van der Waals surface area contributed by atoms with Crippen LogP contribution in [-0.2, 0) is 4.79 Å². The molecule has 0 bridgehead atoms. The Bertz CT molecular complexity index is 777. The van der Waals surface area contributed by atoms with E-state index in [2.05, 4.69) is 5.32 Å². The molecule has 25 heavy (non-hydrogen) atoms. The quantitative estimate of drug-likeness (QED) is 0.857. The van der Waals surface area contributed by atoms with Gasteiger partial charge >= 0.3 is 0 Å². The van der Waals surface area contributed by atoms with Crippen molar-refractivity contribution in [1.29, 1.82) is 0 Å². The van der Waals surface area contributed by atoms with Gasteiger partial charge in [0.1, 0.15) is 11.5 Å². The number of benzene rings is 2. The number of hydrogen-bond acceptors (Lipinski definition) is 4. The Hall–Kier alpha value is -2.73. The van der Waals surface area contributed by atoms with Crippen LogP contribution < -0.4 is 14.8 Å². The van der Waals surface area contributed by atoms with E-state index in [0.717, 1.165) is 0 Å². The number of likely N-dealkylation sites (N-methyl/N-ethyl adjacent to an activating group) is 1. The monoisotopic (exact) mass is 362 g/mol. The third-order valence-corrected chi connectivity index (χ3v) is 3.69. The average molecular weight is 363 g/mol. The normalized spacial score (nSPS) is 10.1. The van der Waals surface area contributed by atoms with E-state index in [1.165, 1.54) is 12.0 Å². The van der Waals surface area contributed by atoms with Gasteiger partial charge in [0, 0.05) is 19.8 Å². The van der Waals surface area contributed by atoms with Crippen LogP contribution >= 0.6 is 11.6 Å². The maximum absolute atomic E-state index is 12.5. The zero-order chi connectivity index (χ0) is 18.4. The number of ether oxygens (including phenoxy) is 2. The van der Waals surface area contributed by atoms with Crippen molar-refractivity contribution in [2.24, 2.45) is 0 Å². The van der Waals surface area contributed by atoms with Gasteiger partial charge in [-0.2, -0.15) is 0 Å². The number of para-hydroxylation sites is 1. The lowest BCUT2D eigenvalue weighted by molar-refractivity contribution is -0.130. The van der Waals surface area contributed by atoms with Crippen molar-refractivity contribution in [3.8, 4) is 11.5 Å². The number of nitrogens with one attached hydrogen (secondary N) is 1. The smallest absolute Gasteiger partial charge is 0.259 e. The number of carbonyl (C=O) groups excluding carboxylic acids is 2. The summed E-state index contributed by atoms with van der Waals surface area (Å²) in [5, 5.41) is 3.14. The summed E-state index contributed by atoms with van der Waals surface area (Å²) in [7, 11) is 4.79. The van der Waals surface area contributed by atoms with Crippen molar-refractivity contribution in [3.05, 3.63) is 53.1 Å². The summed E-state index contributed by atoms with van der Waals surface area (Å²) < 4.78 is 10.6. The van der Waals surface area contributed by atoms with Gasteiger partial charge in [0.15, 0.2) is 6.61 Å². The lowest BCUT2D eigenvalue weighted by Gasteiger charge is -2.14. The highest BCUT2D eigenvalue weighted by Crippen LogP contribution is 2.28. The van der Waals surface area contributed by atoms with Gasteiger partial charge in [0.2, 0.25) is 0 Å². The summed E-state index contributed by atoms with van der Waals surface area (Å²) >= 11 is 6.06. The van der Waals surface area contributed by atoms with Crippen LogP contribution in [0, 0.1) is 0 Å². The minimum atomic E-state index is -0.367. The third-order valence-electron chi connectivity index (χ3n) is 3.39. The second-order valence-electron chi connectivity index (χ2n) is 5.38. The van der Waals surface area contributed by atoms with E-state index >= 15 is 0 Å². The van der Waals surface area contributed by atoms with E-state index in [4.69, 9.17) is 21.1 Å². The van der Waals surface area contributed by atoms with Crippen LogP contribution in [0.25, 0.3) is 0 Å². The lowest BCUT2D eigenvalue weighted by Crippen LogP contribution is -2.28. The zero-order valence-electron chi connectivity index (χ0n) is 14.2. The SMILES string of the molecule is COc1ccc(NC(=O)c2ccccc2OCC(=O)N(C)C)cc1Cl. The summed E-state index contributed by atoms with van der Waals surface area (Å²) in [6.07, 6.45) is 0. The number of rotatable bonds is 6. The fourth-order valence-electron chi connectivity index (χ4n) is 1.99.